The molecule has 0 saturated carbocycles. The second-order valence-electron chi connectivity index (χ2n) is 4.47. The lowest BCUT2D eigenvalue weighted by atomic mass is 10.7. The molecule has 0 aromatic heterocycles. The highest BCUT2D eigenvalue weighted by molar-refractivity contribution is 7.81. The number of hydrogen-bond donors (Lipinski definition) is 0. The minimum absolute atomic E-state index is 0.106. The van der Waals surface area contributed by atoms with Crippen LogP contribution >= 0.6 is 46.4 Å². The fraction of sp³-hybridized carbons (Fsp3) is 0.714. The Hall–Kier alpha value is -0.540. The summed E-state index contributed by atoms with van der Waals surface area (Å²) in [5, 5.41) is -1.92. The normalized spacial score (nSPS) is 10.9. The van der Waals surface area contributed by atoms with E-state index >= 15 is 0 Å². The number of carbonyl (C=O) groups excluding carboxylic acids is 4. The lowest BCUT2D eigenvalue weighted by Gasteiger charge is -2.21. The molecule has 0 aromatic rings. The van der Waals surface area contributed by atoms with E-state index < -0.39 is 44.1 Å². The number of carbonyl (C=O) groups is 4. The number of halogens is 4. The van der Waals surface area contributed by atoms with Crippen LogP contribution in [0.15, 0.2) is 0 Å². The average molecular weight is 572 g/mol. The van der Waals surface area contributed by atoms with Crippen LogP contribution < -0.4 is 0 Å². The van der Waals surface area contributed by atoms with Crippen molar-refractivity contribution in [3.05, 3.63) is 0 Å². The van der Waals surface area contributed by atoms with Crippen LogP contribution in [0, 0.1) is 0 Å². The van der Waals surface area contributed by atoms with E-state index in [9.17, 15) is 27.6 Å². The van der Waals surface area contributed by atoms with Crippen molar-refractivity contribution in [1.29, 1.82) is 0 Å². The summed E-state index contributed by atoms with van der Waals surface area (Å²) >= 11 is 16.7. The molecule has 0 radical (unpaired) electrons. The van der Waals surface area contributed by atoms with Gasteiger partial charge in [0.05, 0.1) is 28.0 Å². The number of nitrogens with zero attached hydrogens (tertiary/aromatic N) is 2. The number of hydrogen-bond acceptors (Lipinski definition) is 9. The van der Waals surface area contributed by atoms with Crippen molar-refractivity contribution < 1.29 is 40.7 Å². The molecule has 0 aliphatic heterocycles. The molecule has 17 heteroatoms. The molecule has 0 aromatic carbocycles. The van der Waals surface area contributed by atoms with Crippen LogP contribution in [0.2, 0.25) is 0 Å². The van der Waals surface area contributed by atoms with Gasteiger partial charge in [-0.1, -0.05) is 6.92 Å². The molecule has 0 N–H and O–H groups in total. The van der Waals surface area contributed by atoms with Crippen LogP contribution in [0.5, 0.6) is 0 Å². The topological polar surface area (TPSA) is 137 Å². The maximum atomic E-state index is 10.8. The highest BCUT2D eigenvalue weighted by atomic mass is 35.5. The minimum atomic E-state index is -1.54. The van der Waals surface area contributed by atoms with Crippen LogP contribution in [0.3, 0.4) is 0 Å². The van der Waals surface area contributed by atoms with E-state index in [1.807, 2.05) is 6.92 Å². The zero-order valence-electron chi connectivity index (χ0n) is 17.7. The third-order valence-electron chi connectivity index (χ3n) is 2.05. The van der Waals surface area contributed by atoms with Crippen LogP contribution in [0.25, 0.3) is 0 Å². The second-order valence-corrected chi connectivity index (χ2v) is 8.63. The Morgan fingerprint density at radius 3 is 1.29 bits per heavy atom. The van der Waals surface area contributed by atoms with Crippen LogP contribution in [-0.2, 0) is 44.9 Å². The smallest absolute Gasteiger partial charge is 0.410 e. The molecular formula is C14H26Cl4N2O9S2. The number of amides is 2. The Kier molecular flexibility index (Phi) is 31.3. The number of methoxy groups -OCH3 is 1. The molecule has 0 fully saturated rings. The second kappa shape index (κ2) is 25.7. The van der Waals surface area contributed by atoms with Crippen molar-refractivity contribution in [3.8, 4) is 0 Å². The van der Waals surface area contributed by atoms with Crippen LogP contribution in [0.4, 0.5) is 9.59 Å². The average Bonchev–Trinajstić information content (AvgIpc) is 2.67. The summed E-state index contributed by atoms with van der Waals surface area (Å²) in [7, 11) is 6.74. The summed E-state index contributed by atoms with van der Waals surface area (Å²) in [5.74, 6) is 0.246. The monoisotopic (exact) mass is 570 g/mol. The summed E-state index contributed by atoms with van der Waals surface area (Å²) in [6.07, 6.45) is -0.514. The molecular weight excluding hydrogens is 546 g/mol. The first-order valence-corrected chi connectivity index (χ1v) is 11.9. The minimum Gasteiger partial charge on any atom is -0.453 e. The van der Waals surface area contributed by atoms with Gasteiger partial charge in [0.2, 0.25) is 10.5 Å². The molecule has 0 bridgehead atoms. The Balaban J connectivity index is -0.000000170. The molecule has 2 atom stereocenters. The molecule has 0 rings (SSSR count). The van der Waals surface area contributed by atoms with Gasteiger partial charge in [0.1, 0.15) is 11.5 Å². The fourth-order valence-corrected chi connectivity index (χ4v) is 2.08. The number of rotatable bonds is 8. The van der Waals surface area contributed by atoms with Crippen molar-refractivity contribution in [2.45, 2.75) is 6.92 Å². The van der Waals surface area contributed by atoms with Gasteiger partial charge in [-0.05, 0) is 34.8 Å². The van der Waals surface area contributed by atoms with Crippen molar-refractivity contribution in [3.63, 3.8) is 0 Å². The van der Waals surface area contributed by atoms with E-state index in [0.29, 0.717) is 0 Å². The van der Waals surface area contributed by atoms with Gasteiger partial charge < -0.3 is 9.64 Å². The van der Waals surface area contributed by atoms with Crippen LogP contribution in [0.1, 0.15) is 6.92 Å². The Labute approximate surface area is 206 Å². The van der Waals surface area contributed by atoms with E-state index in [1.54, 1.807) is 0 Å². The van der Waals surface area contributed by atoms with Crippen molar-refractivity contribution in [2.75, 3.05) is 59.5 Å². The summed E-state index contributed by atoms with van der Waals surface area (Å²) in [6, 6.07) is 0. The lowest BCUT2D eigenvalue weighted by molar-refractivity contribution is -0.110. The Bertz CT molecular complexity index is 558. The van der Waals surface area contributed by atoms with Crippen molar-refractivity contribution in [2.24, 2.45) is 0 Å². The largest absolute Gasteiger partial charge is 0.453 e. The summed E-state index contributed by atoms with van der Waals surface area (Å²) in [6.45, 7) is 2.00. The number of ether oxygens (including phenoxy) is 1. The molecule has 0 aliphatic rings. The third-order valence-corrected chi connectivity index (χ3v) is 4.66. The molecule has 186 valence electrons. The number of alkyl halides is 1. The summed E-state index contributed by atoms with van der Waals surface area (Å²) < 4.78 is 33.3. The highest BCUT2D eigenvalue weighted by Gasteiger charge is 2.12. The first-order valence-electron chi connectivity index (χ1n) is 7.71. The predicted molar refractivity (Wildman–Crippen MR) is 122 cm³/mol. The summed E-state index contributed by atoms with van der Waals surface area (Å²) in [4.78, 5) is 43.5. The lowest BCUT2D eigenvalue weighted by Crippen LogP contribution is -2.38. The summed E-state index contributed by atoms with van der Waals surface area (Å²) in [5.41, 5.74) is 0. The third kappa shape index (κ3) is 34.3. The molecule has 0 aliphatic carbocycles. The first kappa shape index (κ1) is 37.8. The molecule has 11 nitrogen and oxygen atoms in total. The molecule has 0 spiro atoms. The predicted octanol–water partition coefficient (Wildman–Crippen LogP) is 2.30. The highest BCUT2D eigenvalue weighted by Crippen LogP contribution is 1.95. The maximum Gasteiger partial charge on any atom is 0.410 e. The van der Waals surface area contributed by atoms with Gasteiger partial charge in [-0.15, -0.1) is 11.6 Å². The van der Waals surface area contributed by atoms with Crippen molar-refractivity contribution >= 4 is 90.5 Å². The molecule has 0 heterocycles. The zero-order valence-corrected chi connectivity index (χ0v) is 22.4. The van der Waals surface area contributed by atoms with Gasteiger partial charge in [-0.2, -0.15) is 0 Å². The van der Waals surface area contributed by atoms with Crippen molar-refractivity contribution in [1.82, 2.24) is 9.80 Å². The van der Waals surface area contributed by atoms with Crippen LogP contribution in [-0.4, -0.2) is 99.6 Å². The zero-order chi connectivity index (χ0) is 25.6. The molecule has 31 heavy (non-hydrogen) atoms. The SMILES string of the molecule is CCCl.COC(=O)N(C)CN(C)C(=O)Cl.COS(=O)CC(=O)Cl.COS(=O)CC(=O)Cl. The van der Waals surface area contributed by atoms with Gasteiger partial charge in [-0.3, -0.25) is 27.6 Å². The quantitative estimate of drug-likeness (QED) is 0.186. The fourth-order valence-electron chi connectivity index (χ4n) is 0.891. The van der Waals surface area contributed by atoms with E-state index in [4.69, 9.17) is 46.4 Å². The Morgan fingerprint density at radius 2 is 1.13 bits per heavy atom. The van der Waals surface area contributed by atoms with E-state index in [0.717, 1.165) is 5.88 Å². The standard InChI is InChI=1S/C6H11ClN2O3.2C3H5ClO3S.C2H5Cl/c1-8(5(7)10)4-9(2)6(11)12-3;2*1-7-8(6)2-3(4)5;1-2-3/h4H2,1-3H3;2*2H2,1H3;2H2,1H3. The van der Waals surface area contributed by atoms with Gasteiger partial charge in [-0.25, -0.2) is 13.2 Å². The van der Waals surface area contributed by atoms with E-state index in [1.165, 1.54) is 45.2 Å². The molecule has 2 unspecified atom stereocenters. The van der Waals surface area contributed by atoms with E-state index in [2.05, 4.69) is 13.1 Å². The van der Waals surface area contributed by atoms with Gasteiger partial charge >= 0.3 is 11.5 Å². The van der Waals surface area contributed by atoms with E-state index in [-0.39, 0.29) is 18.2 Å². The van der Waals surface area contributed by atoms with Gasteiger partial charge in [0.25, 0.3) is 0 Å². The molecule has 2 amide bonds. The van der Waals surface area contributed by atoms with Gasteiger partial charge in [0, 0.05) is 20.0 Å². The van der Waals surface area contributed by atoms with Gasteiger partial charge in [0.15, 0.2) is 22.2 Å². The Morgan fingerprint density at radius 1 is 0.806 bits per heavy atom. The first-order chi connectivity index (χ1) is 14.2. The maximum absolute atomic E-state index is 10.8. The molecule has 0 saturated heterocycles.